The lowest BCUT2D eigenvalue weighted by Gasteiger charge is -2.38. The number of likely N-dealkylation sites (tertiary alicyclic amines) is 1. The van der Waals surface area contributed by atoms with Crippen LogP contribution in [0.25, 0.3) is 11.0 Å². The number of carbonyl (C=O) groups excluding carboxylic acids is 1. The van der Waals surface area contributed by atoms with Crippen LogP contribution in [0.3, 0.4) is 0 Å². The van der Waals surface area contributed by atoms with E-state index in [1.165, 1.54) is 29.9 Å². The molecular formula is C27H32F3N3O4. The summed E-state index contributed by atoms with van der Waals surface area (Å²) < 4.78 is 55.1. The Kier molecular flexibility index (Phi) is 7.05. The summed E-state index contributed by atoms with van der Waals surface area (Å²) in [6, 6.07) is 10.2. The molecule has 7 nitrogen and oxygen atoms in total. The molecule has 0 saturated carbocycles. The number of imidazole rings is 1. The number of ether oxygens (including phenoxy) is 2. The number of hydrogen-bond acceptors (Lipinski definition) is 4. The van der Waals surface area contributed by atoms with Crippen molar-refractivity contribution >= 4 is 17.1 Å². The zero-order valence-corrected chi connectivity index (χ0v) is 21.6. The minimum Gasteiger partial charge on any atom is -0.494 e. The van der Waals surface area contributed by atoms with Gasteiger partial charge in [-0.25, -0.2) is 9.59 Å². The number of benzene rings is 2. The van der Waals surface area contributed by atoms with Gasteiger partial charge in [-0.05, 0) is 56.9 Å². The Morgan fingerprint density at radius 3 is 2.41 bits per heavy atom. The number of para-hydroxylation sites is 1. The Balaban J connectivity index is 1.76. The molecule has 0 bridgehead atoms. The van der Waals surface area contributed by atoms with Crippen molar-refractivity contribution in [2.45, 2.75) is 58.5 Å². The largest absolute Gasteiger partial charge is 0.494 e. The van der Waals surface area contributed by atoms with Gasteiger partial charge >= 0.3 is 18.0 Å². The quantitative estimate of drug-likeness (QED) is 0.444. The topological polar surface area (TPSA) is 65.7 Å². The number of alkyl halides is 3. The van der Waals surface area contributed by atoms with Gasteiger partial charge in [0.1, 0.15) is 16.9 Å². The molecule has 2 atom stereocenters. The first-order valence-corrected chi connectivity index (χ1v) is 12.2. The van der Waals surface area contributed by atoms with Gasteiger partial charge in [0.2, 0.25) is 0 Å². The van der Waals surface area contributed by atoms with E-state index >= 15 is 0 Å². The molecule has 1 saturated heterocycles. The maximum atomic E-state index is 13.9. The summed E-state index contributed by atoms with van der Waals surface area (Å²) in [5, 5.41) is 0. The van der Waals surface area contributed by atoms with Gasteiger partial charge in [0.15, 0.2) is 0 Å². The van der Waals surface area contributed by atoms with E-state index in [1.54, 1.807) is 48.4 Å². The molecule has 1 aliphatic rings. The first-order valence-electron chi connectivity index (χ1n) is 12.2. The van der Waals surface area contributed by atoms with Gasteiger partial charge in [0.25, 0.3) is 0 Å². The third kappa shape index (κ3) is 5.33. The van der Waals surface area contributed by atoms with E-state index in [4.69, 9.17) is 9.47 Å². The summed E-state index contributed by atoms with van der Waals surface area (Å²) in [6.07, 6.45) is -4.46. The molecule has 10 heteroatoms. The second-order valence-corrected chi connectivity index (χ2v) is 10.5. The number of rotatable bonds is 4. The van der Waals surface area contributed by atoms with Gasteiger partial charge in [0.05, 0.1) is 24.7 Å². The van der Waals surface area contributed by atoms with E-state index in [1.807, 2.05) is 6.92 Å². The molecule has 2 aromatic carbocycles. The first-order chi connectivity index (χ1) is 17.3. The Bertz CT molecular complexity index is 1350. The third-order valence-electron chi connectivity index (χ3n) is 6.66. The fraction of sp³-hybridized carbons (Fsp3) is 0.481. The molecule has 0 aliphatic carbocycles. The Morgan fingerprint density at radius 2 is 1.78 bits per heavy atom. The molecule has 1 amide bonds. The van der Waals surface area contributed by atoms with Crippen LogP contribution in [0.15, 0.2) is 47.3 Å². The molecular weight excluding hydrogens is 487 g/mol. The number of hydrogen-bond donors (Lipinski definition) is 0. The van der Waals surface area contributed by atoms with Gasteiger partial charge in [0, 0.05) is 19.1 Å². The summed E-state index contributed by atoms with van der Waals surface area (Å²) in [5.41, 5.74) is -0.805. The zero-order valence-electron chi connectivity index (χ0n) is 21.6. The van der Waals surface area contributed by atoms with Crippen LogP contribution >= 0.6 is 0 Å². The minimum absolute atomic E-state index is 0.00477. The van der Waals surface area contributed by atoms with Crippen LogP contribution in [0, 0.1) is 5.92 Å². The molecule has 0 radical (unpaired) electrons. The molecule has 2 heterocycles. The van der Waals surface area contributed by atoms with Gasteiger partial charge in [-0.1, -0.05) is 31.2 Å². The predicted molar refractivity (Wildman–Crippen MR) is 134 cm³/mol. The van der Waals surface area contributed by atoms with Crippen molar-refractivity contribution in [2.24, 2.45) is 5.92 Å². The van der Waals surface area contributed by atoms with Crippen molar-refractivity contribution in [1.82, 2.24) is 14.0 Å². The van der Waals surface area contributed by atoms with Crippen molar-refractivity contribution in [1.29, 1.82) is 0 Å². The molecule has 0 spiro atoms. The Labute approximate surface area is 213 Å². The minimum atomic E-state index is -4.55. The zero-order chi connectivity index (χ0) is 27.1. The maximum Gasteiger partial charge on any atom is 0.416 e. The summed E-state index contributed by atoms with van der Waals surface area (Å²) in [7, 11) is 1.46. The monoisotopic (exact) mass is 519 g/mol. The number of aromatic nitrogens is 2. The van der Waals surface area contributed by atoms with E-state index in [-0.39, 0.29) is 24.1 Å². The van der Waals surface area contributed by atoms with Crippen molar-refractivity contribution in [3.63, 3.8) is 0 Å². The van der Waals surface area contributed by atoms with Crippen molar-refractivity contribution in [3.05, 3.63) is 64.1 Å². The summed E-state index contributed by atoms with van der Waals surface area (Å²) in [5.74, 6) is 0.295. The Morgan fingerprint density at radius 1 is 1.08 bits per heavy atom. The molecule has 200 valence electrons. The molecule has 1 fully saturated rings. The van der Waals surface area contributed by atoms with Gasteiger partial charge in [-0.3, -0.25) is 9.13 Å². The second-order valence-electron chi connectivity index (χ2n) is 10.5. The summed E-state index contributed by atoms with van der Waals surface area (Å²) in [6.45, 7) is 7.89. The van der Waals surface area contributed by atoms with Crippen molar-refractivity contribution in [3.8, 4) is 5.75 Å². The van der Waals surface area contributed by atoms with Crippen LogP contribution in [-0.2, 0) is 17.5 Å². The summed E-state index contributed by atoms with van der Waals surface area (Å²) in [4.78, 5) is 28.1. The number of carbonyl (C=O) groups is 1. The first kappa shape index (κ1) is 26.6. The van der Waals surface area contributed by atoms with E-state index in [0.29, 0.717) is 36.3 Å². The van der Waals surface area contributed by atoms with Gasteiger partial charge in [-0.2, -0.15) is 13.2 Å². The highest BCUT2D eigenvalue weighted by atomic mass is 19.4. The maximum absolute atomic E-state index is 13.9. The Hall–Kier alpha value is -3.43. The normalized spacial score (nSPS) is 18.8. The second kappa shape index (κ2) is 9.79. The average molecular weight is 520 g/mol. The smallest absolute Gasteiger partial charge is 0.416 e. The van der Waals surface area contributed by atoms with Crippen molar-refractivity contribution < 1.29 is 27.4 Å². The van der Waals surface area contributed by atoms with Gasteiger partial charge in [-0.15, -0.1) is 0 Å². The van der Waals surface area contributed by atoms with Crippen molar-refractivity contribution in [2.75, 3.05) is 20.2 Å². The van der Waals surface area contributed by atoms with Crippen LogP contribution in [0.1, 0.15) is 51.3 Å². The predicted octanol–water partition coefficient (Wildman–Crippen LogP) is 5.70. The number of methoxy groups -OCH3 is 1. The molecule has 4 rings (SSSR count). The fourth-order valence-corrected chi connectivity index (χ4v) is 5.05. The van der Waals surface area contributed by atoms with Crippen LogP contribution in [-0.4, -0.2) is 45.9 Å². The van der Waals surface area contributed by atoms with Crippen LogP contribution < -0.4 is 10.4 Å². The highest BCUT2D eigenvalue weighted by molar-refractivity contribution is 5.83. The van der Waals surface area contributed by atoms with Crippen LogP contribution in [0.5, 0.6) is 5.75 Å². The number of piperidine rings is 1. The molecule has 3 aromatic rings. The molecule has 37 heavy (non-hydrogen) atoms. The summed E-state index contributed by atoms with van der Waals surface area (Å²) >= 11 is 0. The lowest BCUT2D eigenvalue weighted by molar-refractivity contribution is -0.138. The van der Waals surface area contributed by atoms with E-state index < -0.39 is 29.1 Å². The van der Waals surface area contributed by atoms with Crippen LogP contribution in [0.4, 0.5) is 18.0 Å². The number of nitrogens with zero attached hydrogens (tertiary/aromatic N) is 3. The number of fused-ring (bicyclic) bond motifs is 1. The highest BCUT2D eigenvalue weighted by Crippen LogP contribution is 2.35. The molecule has 0 N–H and O–H groups in total. The molecule has 1 aliphatic heterocycles. The lowest BCUT2D eigenvalue weighted by atomic mass is 9.93. The number of amides is 1. The van der Waals surface area contributed by atoms with Crippen LogP contribution in [0.2, 0.25) is 0 Å². The highest BCUT2D eigenvalue weighted by Gasteiger charge is 2.36. The van der Waals surface area contributed by atoms with E-state index in [0.717, 1.165) is 6.07 Å². The van der Waals surface area contributed by atoms with Gasteiger partial charge < -0.3 is 14.4 Å². The number of halogens is 3. The lowest BCUT2D eigenvalue weighted by Crippen LogP contribution is -2.47. The average Bonchev–Trinajstić information content (AvgIpc) is 3.09. The fourth-order valence-electron chi connectivity index (χ4n) is 5.05. The SMILES string of the molecule is COc1cccc2c1n(Cc1ccccc1C(F)(F)F)c(=O)n2C1CCN(C(=O)OC(C)(C)C)CC1C. The van der Waals surface area contributed by atoms with E-state index in [9.17, 15) is 22.8 Å². The standard InChI is InChI=1S/C27H32F3N3O4/c1-17-15-31(25(35)37-26(2,3)4)14-13-20(17)33-21-11-8-12-22(36-5)23(21)32(24(33)34)16-18-9-6-7-10-19(18)27(28,29)30/h6-12,17,20H,13-16H2,1-5H3. The molecule has 2 unspecified atom stereocenters. The third-order valence-corrected chi connectivity index (χ3v) is 6.66. The molecule has 1 aromatic heterocycles. The van der Waals surface area contributed by atoms with E-state index in [2.05, 4.69) is 0 Å².